The molecule has 0 aliphatic carbocycles. The van der Waals surface area contributed by atoms with Gasteiger partial charge >= 0.3 is 0 Å². The van der Waals surface area contributed by atoms with Crippen LogP contribution in [0.1, 0.15) is 18.2 Å². The van der Waals surface area contributed by atoms with Gasteiger partial charge < -0.3 is 0 Å². The molecule has 1 rings (SSSR count). The molecule has 0 aliphatic rings. The van der Waals surface area contributed by atoms with E-state index in [1.54, 1.807) is 6.08 Å². The molecule has 1 heteroatoms. The first-order chi connectivity index (χ1) is 6.65. The first kappa shape index (κ1) is 10.5. The van der Waals surface area contributed by atoms with Gasteiger partial charge in [-0.15, -0.1) is 0 Å². The summed E-state index contributed by atoms with van der Waals surface area (Å²) >= 11 is 0. The first-order valence-corrected chi connectivity index (χ1v) is 4.56. The maximum absolute atomic E-state index is 4.34. The Labute approximate surface area is 85.5 Å². The fourth-order valence-electron chi connectivity index (χ4n) is 1.19. The van der Waals surface area contributed by atoms with E-state index in [0.717, 1.165) is 22.4 Å². The number of hydrogen-bond donors (Lipinski definition) is 0. The van der Waals surface area contributed by atoms with E-state index in [2.05, 4.69) is 18.1 Å². The van der Waals surface area contributed by atoms with Crippen molar-refractivity contribution in [1.29, 1.82) is 0 Å². The Balaban J connectivity index is 3.12. The largest absolute Gasteiger partial charge is 0.256 e. The highest BCUT2D eigenvalue weighted by Crippen LogP contribution is 2.19. The summed E-state index contributed by atoms with van der Waals surface area (Å²) in [6.45, 7) is 11.6. The van der Waals surface area contributed by atoms with Crippen LogP contribution in [0.5, 0.6) is 0 Å². The molecule has 0 bridgehead atoms. The van der Waals surface area contributed by atoms with E-state index >= 15 is 0 Å². The minimum Gasteiger partial charge on any atom is -0.256 e. The van der Waals surface area contributed by atoms with Crippen LogP contribution in [0.3, 0.4) is 0 Å². The van der Waals surface area contributed by atoms with Gasteiger partial charge in [-0.1, -0.05) is 31.4 Å². The standard InChI is InChI=1S/C13H15N/c1-5-6-12(10(2)3)13-8-7-11(4)9-14-13/h5-9H,1-2H2,3-4H3/b12-6+. The van der Waals surface area contributed by atoms with Crippen molar-refractivity contribution in [2.45, 2.75) is 13.8 Å². The predicted molar refractivity (Wildman–Crippen MR) is 62.0 cm³/mol. The van der Waals surface area contributed by atoms with E-state index in [4.69, 9.17) is 0 Å². The highest BCUT2D eigenvalue weighted by molar-refractivity contribution is 5.76. The molecule has 0 atom stereocenters. The third-order valence-electron chi connectivity index (χ3n) is 1.93. The van der Waals surface area contributed by atoms with Crippen LogP contribution in [-0.4, -0.2) is 4.98 Å². The molecule has 1 aromatic heterocycles. The van der Waals surface area contributed by atoms with E-state index in [9.17, 15) is 0 Å². The number of aryl methyl sites for hydroxylation is 1. The van der Waals surface area contributed by atoms with Gasteiger partial charge in [-0.3, -0.25) is 4.98 Å². The number of aromatic nitrogens is 1. The number of nitrogens with zero attached hydrogens (tertiary/aromatic N) is 1. The molecular weight excluding hydrogens is 170 g/mol. The van der Waals surface area contributed by atoms with Crippen LogP contribution < -0.4 is 0 Å². The summed E-state index contributed by atoms with van der Waals surface area (Å²) in [5, 5.41) is 0. The summed E-state index contributed by atoms with van der Waals surface area (Å²) in [6.07, 6.45) is 5.54. The molecule has 14 heavy (non-hydrogen) atoms. The monoisotopic (exact) mass is 185 g/mol. The van der Waals surface area contributed by atoms with Crippen molar-refractivity contribution in [3.8, 4) is 0 Å². The lowest BCUT2D eigenvalue weighted by molar-refractivity contribution is 1.22. The molecule has 0 unspecified atom stereocenters. The molecule has 0 radical (unpaired) electrons. The summed E-state index contributed by atoms with van der Waals surface area (Å²) < 4.78 is 0. The molecule has 1 aromatic rings. The Bertz CT molecular complexity index is 369. The van der Waals surface area contributed by atoms with Crippen molar-refractivity contribution in [3.05, 3.63) is 60.5 Å². The smallest absolute Gasteiger partial charge is 0.0704 e. The van der Waals surface area contributed by atoms with Crippen LogP contribution >= 0.6 is 0 Å². The summed E-state index contributed by atoms with van der Waals surface area (Å²) in [7, 11) is 0. The lowest BCUT2D eigenvalue weighted by atomic mass is 10.0. The Hall–Kier alpha value is -1.63. The fraction of sp³-hybridized carbons (Fsp3) is 0.154. The quantitative estimate of drug-likeness (QED) is 0.656. The highest BCUT2D eigenvalue weighted by Gasteiger charge is 2.01. The maximum Gasteiger partial charge on any atom is 0.0704 e. The minimum atomic E-state index is 0.947. The predicted octanol–water partition coefficient (Wildman–Crippen LogP) is 3.54. The zero-order valence-corrected chi connectivity index (χ0v) is 8.75. The van der Waals surface area contributed by atoms with Gasteiger partial charge in [0.05, 0.1) is 5.69 Å². The molecule has 72 valence electrons. The van der Waals surface area contributed by atoms with E-state index < -0.39 is 0 Å². The molecular formula is C13H15N. The van der Waals surface area contributed by atoms with Gasteiger partial charge in [0.15, 0.2) is 0 Å². The van der Waals surface area contributed by atoms with Gasteiger partial charge in [0.2, 0.25) is 0 Å². The zero-order chi connectivity index (χ0) is 10.6. The van der Waals surface area contributed by atoms with Gasteiger partial charge in [0.1, 0.15) is 0 Å². The molecule has 0 aromatic carbocycles. The van der Waals surface area contributed by atoms with Crippen molar-refractivity contribution >= 4 is 5.57 Å². The maximum atomic E-state index is 4.34. The van der Waals surface area contributed by atoms with Crippen LogP contribution in [0.15, 0.2) is 49.2 Å². The Morgan fingerprint density at radius 2 is 2.14 bits per heavy atom. The number of pyridine rings is 1. The van der Waals surface area contributed by atoms with Crippen LogP contribution in [0.2, 0.25) is 0 Å². The van der Waals surface area contributed by atoms with Gasteiger partial charge in [-0.25, -0.2) is 0 Å². The Morgan fingerprint density at radius 1 is 1.43 bits per heavy atom. The van der Waals surface area contributed by atoms with Crippen molar-refractivity contribution in [3.63, 3.8) is 0 Å². The fourth-order valence-corrected chi connectivity index (χ4v) is 1.19. The van der Waals surface area contributed by atoms with Crippen LogP contribution in [0.4, 0.5) is 0 Å². The lowest BCUT2D eigenvalue weighted by Gasteiger charge is -2.05. The molecule has 0 spiro atoms. The molecule has 0 aliphatic heterocycles. The lowest BCUT2D eigenvalue weighted by Crippen LogP contribution is -1.90. The minimum absolute atomic E-state index is 0.947. The van der Waals surface area contributed by atoms with Crippen molar-refractivity contribution in [1.82, 2.24) is 4.98 Å². The molecule has 1 nitrogen and oxygen atoms in total. The van der Waals surface area contributed by atoms with Crippen LogP contribution in [-0.2, 0) is 0 Å². The van der Waals surface area contributed by atoms with E-state index in [-0.39, 0.29) is 0 Å². The second-order valence-corrected chi connectivity index (χ2v) is 3.32. The number of rotatable bonds is 3. The van der Waals surface area contributed by atoms with Crippen molar-refractivity contribution in [2.75, 3.05) is 0 Å². The van der Waals surface area contributed by atoms with Crippen LogP contribution in [0, 0.1) is 6.92 Å². The molecule has 0 amide bonds. The Kier molecular flexibility index (Phi) is 3.41. The highest BCUT2D eigenvalue weighted by atomic mass is 14.7. The topological polar surface area (TPSA) is 12.9 Å². The summed E-state index contributed by atoms with van der Waals surface area (Å²) in [5.41, 5.74) is 4.15. The molecule has 0 fully saturated rings. The van der Waals surface area contributed by atoms with E-state index in [1.807, 2.05) is 38.3 Å². The Morgan fingerprint density at radius 3 is 2.57 bits per heavy atom. The number of hydrogen-bond acceptors (Lipinski definition) is 1. The molecule has 0 saturated carbocycles. The average Bonchev–Trinajstić information content (AvgIpc) is 2.15. The van der Waals surface area contributed by atoms with Gasteiger partial charge in [0.25, 0.3) is 0 Å². The first-order valence-electron chi connectivity index (χ1n) is 4.56. The second kappa shape index (κ2) is 4.56. The number of allylic oxidation sites excluding steroid dienone is 4. The van der Waals surface area contributed by atoms with E-state index in [0.29, 0.717) is 0 Å². The zero-order valence-electron chi connectivity index (χ0n) is 8.75. The van der Waals surface area contributed by atoms with Gasteiger partial charge in [-0.05, 0) is 31.1 Å². The van der Waals surface area contributed by atoms with Gasteiger partial charge in [-0.2, -0.15) is 0 Å². The van der Waals surface area contributed by atoms with Crippen LogP contribution in [0.25, 0.3) is 5.57 Å². The third-order valence-corrected chi connectivity index (χ3v) is 1.93. The summed E-state index contributed by atoms with van der Waals surface area (Å²) in [4.78, 5) is 4.34. The molecule has 0 saturated heterocycles. The SMILES string of the molecule is C=C/C=C(\C(=C)C)c1ccc(C)cn1. The van der Waals surface area contributed by atoms with Crippen molar-refractivity contribution in [2.24, 2.45) is 0 Å². The summed E-state index contributed by atoms with van der Waals surface area (Å²) in [6, 6.07) is 4.04. The second-order valence-electron chi connectivity index (χ2n) is 3.32. The van der Waals surface area contributed by atoms with E-state index in [1.165, 1.54) is 0 Å². The molecule has 0 N–H and O–H groups in total. The average molecular weight is 185 g/mol. The normalized spacial score (nSPS) is 11.1. The summed E-state index contributed by atoms with van der Waals surface area (Å²) in [5.74, 6) is 0. The third kappa shape index (κ3) is 2.43. The van der Waals surface area contributed by atoms with Crippen molar-refractivity contribution < 1.29 is 0 Å². The van der Waals surface area contributed by atoms with Gasteiger partial charge in [0, 0.05) is 11.8 Å². The molecule has 1 heterocycles.